The van der Waals surface area contributed by atoms with Crippen LogP contribution in [-0.2, 0) is 0 Å². The molecule has 0 radical (unpaired) electrons. The van der Waals surface area contributed by atoms with E-state index in [1.54, 1.807) is 24.3 Å². The normalized spacial score (nSPS) is 9.29. The van der Waals surface area contributed by atoms with Crippen LogP contribution in [0.1, 0.15) is 0 Å². The summed E-state index contributed by atoms with van der Waals surface area (Å²) >= 11 is 2.99. The molecule has 6 heteroatoms. The van der Waals surface area contributed by atoms with E-state index in [-0.39, 0.29) is 11.5 Å². The summed E-state index contributed by atoms with van der Waals surface area (Å²) in [5.74, 6) is 0.467. The molecule has 0 amide bonds. The van der Waals surface area contributed by atoms with Gasteiger partial charge in [-0.3, -0.25) is 0 Å². The zero-order chi connectivity index (χ0) is 10.6. The molecule has 0 aliphatic carbocycles. The molecule has 0 bridgehead atoms. The lowest BCUT2D eigenvalue weighted by Crippen LogP contribution is -2.01. The van der Waals surface area contributed by atoms with Gasteiger partial charge in [-0.1, -0.05) is 12.1 Å². The minimum Gasteiger partial charge on any atom is -0.415 e. The highest BCUT2D eigenvalue weighted by Gasteiger charge is 2.09. The van der Waals surface area contributed by atoms with Crippen molar-refractivity contribution in [3.05, 3.63) is 24.3 Å². The monoisotopic (exact) mass is 418 g/mol. The van der Waals surface area contributed by atoms with Gasteiger partial charge in [-0.2, -0.15) is 0 Å². The van der Waals surface area contributed by atoms with Gasteiger partial charge in [0.1, 0.15) is 0 Å². The SMILES string of the molecule is O=C(I)Oc1ccccc1OC(=O)I. The van der Waals surface area contributed by atoms with Crippen LogP contribution in [0.2, 0.25) is 0 Å². The first-order valence-electron chi connectivity index (χ1n) is 3.43. The van der Waals surface area contributed by atoms with Gasteiger partial charge in [-0.05, 0) is 12.1 Å². The summed E-state index contributed by atoms with van der Waals surface area (Å²) in [6, 6.07) is 6.45. The van der Waals surface area contributed by atoms with Crippen molar-refractivity contribution in [2.24, 2.45) is 0 Å². The third-order valence-corrected chi connectivity index (χ3v) is 1.67. The van der Waals surface area contributed by atoms with Crippen molar-refractivity contribution in [3.8, 4) is 11.5 Å². The van der Waals surface area contributed by atoms with Crippen molar-refractivity contribution in [1.82, 2.24) is 0 Å². The van der Waals surface area contributed by atoms with Gasteiger partial charge in [0.25, 0.3) is 0 Å². The maximum absolute atomic E-state index is 10.7. The molecule has 0 saturated carbocycles. The van der Waals surface area contributed by atoms with E-state index in [1.807, 2.05) is 0 Å². The van der Waals surface area contributed by atoms with Crippen molar-refractivity contribution < 1.29 is 19.1 Å². The molecule has 4 nitrogen and oxygen atoms in total. The van der Waals surface area contributed by atoms with Gasteiger partial charge in [-0.25, -0.2) is 9.59 Å². The van der Waals surface area contributed by atoms with Crippen LogP contribution in [0.15, 0.2) is 24.3 Å². The number of hydrogen-bond acceptors (Lipinski definition) is 4. The van der Waals surface area contributed by atoms with Crippen LogP contribution in [0.25, 0.3) is 0 Å². The minimum atomic E-state index is -0.487. The van der Waals surface area contributed by atoms with Crippen LogP contribution in [-0.4, -0.2) is 7.95 Å². The standard InChI is InChI=1S/C8H4I2O4/c9-7(11)13-5-3-1-2-4-6(5)14-8(10)12/h1-4H. The average molecular weight is 418 g/mol. The van der Waals surface area contributed by atoms with Gasteiger partial charge in [0.05, 0.1) is 45.2 Å². The summed E-state index contributed by atoms with van der Waals surface area (Å²) in [6.45, 7) is 0. The highest BCUT2D eigenvalue weighted by Crippen LogP contribution is 2.28. The van der Waals surface area contributed by atoms with Gasteiger partial charge in [0.15, 0.2) is 11.5 Å². The largest absolute Gasteiger partial charge is 0.415 e. The Hall–Kier alpha value is -0.380. The van der Waals surface area contributed by atoms with E-state index in [1.165, 1.54) is 45.2 Å². The fourth-order valence-electron chi connectivity index (χ4n) is 0.792. The number of halogens is 2. The Kier molecular flexibility index (Phi) is 4.58. The molecular weight excluding hydrogens is 414 g/mol. The van der Waals surface area contributed by atoms with Gasteiger partial charge in [0.2, 0.25) is 0 Å². The molecule has 1 aromatic rings. The predicted octanol–water partition coefficient (Wildman–Crippen LogP) is 3.55. The third-order valence-electron chi connectivity index (χ3n) is 1.23. The number of carbonyl (C=O) groups excluding carboxylic acids is 2. The molecule has 0 spiro atoms. The fourth-order valence-corrected chi connectivity index (χ4v) is 1.27. The summed E-state index contributed by atoms with van der Waals surface area (Å²) in [5, 5.41) is 0. The second-order valence-corrected chi connectivity index (χ2v) is 3.89. The molecular formula is C8H4I2O4. The Morgan fingerprint density at radius 2 is 1.29 bits per heavy atom. The summed E-state index contributed by atoms with van der Waals surface area (Å²) in [6.07, 6.45) is 0. The molecule has 0 fully saturated rings. The number of carbonyl (C=O) groups is 2. The summed E-state index contributed by atoms with van der Waals surface area (Å²) in [7, 11) is 0. The van der Waals surface area contributed by atoms with Gasteiger partial charge in [-0.15, -0.1) is 0 Å². The lowest BCUT2D eigenvalue weighted by atomic mass is 10.3. The molecule has 0 atom stereocenters. The van der Waals surface area contributed by atoms with E-state index in [9.17, 15) is 9.59 Å². The summed E-state index contributed by atoms with van der Waals surface area (Å²) < 4.78 is 8.65. The molecule has 0 unspecified atom stereocenters. The lowest BCUT2D eigenvalue weighted by molar-refractivity contribution is 0.220. The molecule has 0 heterocycles. The van der Waals surface area contributed by atoms with Crippen LogP contribution < -0.4 is 9.47 Å². The van der Waals surface area contributed by atoms with Crippen LogP contribution in [0.4, 0.5) is 9.59 Å². The van der Waals surface area contributed by atoms with Gasteiger partial charge < -0.3 is 9.47 Å². The van der Waals surface area contributed by atoms with E-state index < -0.39 is 7.95 Å². The van der Waals surface area contributed by atoms with Crippen LogP contribution >= 0.6 is 45.2 Å². The van der Waals surface area contributed by atoms with Gasteiger partial charge >= 0.3 is 7.95 Å². The molecule has 14 heavy (non-hydrogen) atoms. The third kappa shape index (κ3) is 3.78. The molecule has 0 aliphatic rings. The second-order valence-electron chi connectivity index (χ2n) is 2.13. The van der Waals surface area contributed by atoms with E-state index in [4.69, 9.17) is 9.47 Å². The van der Waals surface area contributed by atoms with Crippen LogP contribution in [0.5, 0.6) is 11.5 Å². The van der Waals surface area contributed by atoms with Crippen molar-refractivity contribution in [2.75, 3.05) is 0 Å². The number of rotatable bonds is 2. The van der Waals surface area contributed by atoms with Crippen molar-refractivity contribution in [1.29, 1.82) is 0 Å². The molecule has 1 aromatic carbocycles. The van der Waals surface area contributed by atoms with Crippen LogP contribution in [0, 0.1) is 0 Å². The molecule has 0 N–H and O–H groups in total. The topological polar surface area (TPSA) is 52.6 Å². The highest BCUT2D eigenvalue weighted by molar-refractivity contribution is 14.1. The molecule has 0 aromatic heterocycles. The number of ether oxygens (including phenoxy) is 2. The van der Waals surface area contributed by atoms with Crippen molar-refractivity contribution >= 4 is 53.1 Å². The highest BCUT2D eigenvalue weighted by atomic mass is 127. The van der Waals surface area contributed by atoms with E-state index >= 15 is 0 Å². The van der Waals surface area contributed by atoms with E-state index in [0.29, 0.717) is 0 Å². The Bertz CT molecular complexity index is 329. The number of benzene rings is 1. The lowest BCUT2D eigenvalue weighted by Gasteiger charge is -2.05. The molecule has 1 rings (SSSR count). The Morgan fingerprint density at radius 1 is 0.929 bits per heavy atom. The van der Waals surface area contributed by atoms with E-state index in [2.05, 4.69) is 0 Å². The van der Waals surface area contributed by atoms with Crippen molar-refractivity contribution in [2.45, 2.75) is 0 Å². The Balaban J connectivity index is 2.90. The van der Waals surface area contributed by atoms with Gasteiger partial charge in [0, 0.05) is 0 Å². The summed E-state index contributed by atoms with van der Waals surface area (Å²) in [4.78, 5) is 21.3. The zero-order valence-electron chi connectivity index (χ0n) is 6.70. The first kappa shape index (κ1) is 11.7. The number of hydrogen-bond donors (Lipinski definition) is 0. The zero-order valence-corrected chi connectivity index (χ0v) is 11.0. The molecule has 0 saturated heterocycles. The number of para-hydroxylation sites is 2. The molecule has 0 aliphatic heterocycles. The predicted molar refractivity (Wildman–Crippen MR) is 66.5 cm³/mol. The summed E-state index contributed by atoms with van der Waals surface area (Å²) in [5.41, 5.74) is 0. The Morgan fingerprint density at radius 3 is 1.57 bits per heavy atom. The van der Waals surface area contributed by atoms with E-state index in [0.717, 1.165) is 0 Å². The first-order chi connectivity index (χ1) is 6.59. The molecule has 74 valence electrons. The second kappa shape index (κ2) is 5.49. The quantitative estimate of drug-likeness (QED) is 0.545. The van der Waals surface area contributed by atoms with Crippen molar-refractivity contribution in [3.63, 3.8) is 0 Å². The first-order valence-corrected chi connectivity index (χ1v) is 5.59. The smallest absolute Gasteiger partial charge is 0.372 e. The maximum atomic E-state index is 10.7. The minimum absolute atomic E-state index is 0.233. The fraction of sp³-hybridized carbons (Fsp3) is 0. The Labute approximate surface area is 107 Å². The van der Waals surface area contributed by atoms with Crippen LogP contribution in [0.3, 0.4) is 0 Å². The average Bonchev–Trinajstić information content (AvgIpc) is 2.06. The maximum Gasteiger partial charge on any atom is 0.372 e.